The van der Waals surface area contributed by atoms with Crippen molar-refractivity contribution in [3.8, 4) is 0 Å². The first-order valence-electron chi connectivity index (χ1n) is 13.0. The van der Waals surface area contributed by atoms with Crippen molar-refractivity contribution in [1.29, 1.82) is 0 Å². The van der Waals surface area contributed by atoms with Crippen molar-refractivity contribution >= 4 is 35.0 Å². The fourth-order valence-electron chi connectivity index (χ4n) is 4.53. The second kappa shape index (κ2) is 13.1. The Balaban J connectivity index is 1.77. The van der Waals surface area contributed by atoms with Crippen LogP contribution in [0.2, 0.25) is 5.02 Å². The minimum absolute atomic E-state index is 0.0153. The van der Waals surface area contributed by atoms with E-state index in [9.17, 15) is 27.3 Å². The van der Waals surface area contributed by atoms with Gasteiger partial charge in [0.05, 0.1) is 35.4 Å². The van der Waals surface area contributed by atoms with E-state index < -0.39 is 40.7 Å². The number of amides is 2. The summed E-state index contributed by atoms with van der Waals surface area (Å²) in [6, 6.07) is 5.17. The smallest absolute Gasteiger partial charge is 0.416 e. The number of carbonyl (C=O) groups is 2. The minimum atomic E-state index is -4.75. The van der Waals surface area contributed by atoms with Crippen LogP contribution in [0, 0.1) is 0 Å². The predicted octanol–water partition coefficient (Wildman–Crippen LogP) is 5.45. The van der Waals surface area contributed by atoms with Gasteiger partial charge in [0.25, 0.3) is 5.91 Å². The number of hydrogen-bond acceptors (Lipinski definition) is 5. The summed E-state index contributed by atoms with van der Waals surface area (Å²) >= 11 is 5.07. The predicted molar refractivity (Wildman–Crippen MR) is 148 cm³/mol. The summed E-state index contributed by atoms with van der Waals surface area (Å²) in [5, 5.41) is 2.42. The van der Waals surface area contributed by atoms with Gasteiger partial charge in [0.15, 0.2) is 0 Å². The van der Waals surface area contributed by atoms with Crippen LogP contribution in [0.1, 0.15) is 67.7 Å². The van der Waals surface area contributed by atoms with Gasteiger partial charge in [-0.3, -0.25) is 9.69 Å². The fraction of sp³-hybridized carbons (Fsp3) is 0.556. The van der Waals surface area contributed by atoms with Crippen LogP contribution >= 0.6 is 11.6 Å². The summed E-state index contributed by atoms with van der Waals surface area (Å²) in [5.41, 5.74) is -1.44. The third-order valence-corrected chi connectivity index (χ3v) is 8.17. The number of likely N-dealkylation sites (tertiary alicyclic amines) is 1. The van der Waals surface area contributed by atoms with Crippen LogP contribution in [0.3, 0.4) is 0 Å². The standard InChI is InChI=1S/C27H36ClF3N4O4S/c1-6-40(38)35-12-8-9-19(35)15-32-24(36)18-13-22(27(29,30)31)21(23(28)14-18)17-34-11-7-10-20(16-34)33(5)25(37)39-26(2,3)4/h8-9,12-14,20H,6-7,10-11,15-17H2,1-5H3,(H,32,36)/t20-,40?/m0/s1. The zero-order valence-electron chi connectivity index (χ0n) is 23.3. The molecule has 0 saturated carbocycles. The van der Waals surface area contributed by atoms with Crippen molar-refractivity contribution < 1.29 is 32.0 Å². The van der Waals surface area contributed by atoms with Crippen LogP contribution in [0.25, 0.3) is 0 Å². The van der Waals surface area contributed by atoms with Crippen LogP contribution in [0.5, 0.6) is 0 Å². The molecule has 0 spiro atoms. The second-order valence-electron chi connectivity index (χ2n) is 10.7. The average molecular weight is 605 g/mol. The zero-order valence-corrected chi connectivity index (χ0v) is 24.9. The highest BCUT2D eigenvalue weighted by Gasteiger charge is 2.37. The van der Waals surface area contributed by atoms with Gasteiger partial charge in [0, 0.05) is 36.8 Å². The molecular weight excluding hydrogens is 569 g/mol. The van der Waals surface area contributed by atoms with Gasteiger partial charge in [-0.2, -0.15) is 17.1 Å². The van der Waals surface area contributed by atoms with Crippen LogP contribution in [-0.4, -0.2) is 67.9 Å². The third-order valence-electron chi connectivity index (χ3n) is 6.54. The Labute approximate surface area is 241 Å². The molecular formula is C27H36ClF3N4O4S. The number of nitrogens with one attached hydrogen (secondary N) is 1. The second-order valence-corrected chi connectivity index (χ2v) is 12.7. The van der Waals surface area contributed by atoms with E-state index in [-0.39, 0.29) is 35.3 Å². The maximum absolute atomic E-state index is 14.2. The zero-order chi connectivity index (χ0) is 29.8. The fourth-order valence-corrected chi connectivity index (χ4v) is 5.68. The summed E-state index contributed by atoms with van der Waals surface area (Å²) < 4.78 is 61.6. The number of alkyl halides is 3. The molecule has 2 aromatic rings. The van der Waals surface area contributed by atoms with E-state index in [0.29, 0.717) is 37.4 Å². The van der Waals surface area contributed by atoms with Crippen molar-refractivity contribution in [2.45, 2.75) is 71.4 Å². The van der Waals surface area contributed by atoms with Crippen LogP contribution < -0.4 is 5.32 Å². The van der Waals surface area contributed by atoms with Gasteiger partial charge >= 0.3 is 12.3 Å². The molecule has 1 N–H and O–H groups in total. The molecule has 0 radical (unpaired) electrons. The highest BCUT2D eigenvalue weighted by Crippen LogP contribution is 2.37. The van der Waals surface area contributed by atoms with Crippen LogP contribution in [0.4, 0.5) is 18.0 Å². The molecule has 222 valence electrons. The number of ether oxygens (including phenoxy) is 1. The Bertz CT molecular complexity index is 1200. The Morgan fingerprint density at radius 3 is 2.60 bits per heavy atom. The number of likely N-dealkylation sites (N-methyl/N-ethyl adjacent to an activating group) is 1. The van der Waals surface area contributed by atoms with Gasteiger partial charge in [-0.25, -0.2) is 4.79 Å². The normalized spacial score (nSPS) is 17.4. The maximum atomic E-state index is 14.2. The number of carbonyl (C=O) groups excluding carboxylic acids is 2. The molecule has 1 aromatic heterocycles. The summed E-state index contributed by atoms with van der Waals surface area (Å²) in [6.45, 7) is 7.83. The summed E-state index contributed by atoms with van der Waals surface area (Å²) in [5.74, 6) is -0.359. The molecule has 40 heavy (non-hydrogen) atoms. The SMILES string of the molecule is CC[S+]([O-])n1cccc1CNC(=O)c1cc(Cl)c(CN2CCC[C@H](N(C)C(=O)OC(C)(C)C)C2)c(C(F)(F)F)c1. The van der Waals surface area contributed by atoms with E-state index in [4.69, 9.17) is 16.3 Å². The van der Waals surface area contributed by atoms with Crippen molar-refractivity contribution in [3.63, 3.8) is 0 Å². The molecule has 1 saturated heterocycles. The molecule has 2 atom stereocenters. The topological polar surface area (TPSA) is 89.9 Å². The molecule has 1 aromatic carbocycles. The van der Waals surface area contributed by atoms with Crippen molar-refractivity contribution in [2.24, 2.45) is 0 Å². The summed E-state index contributed by atoms with van der Waals surface area (Å²) in [4.78, 5) is 28.7. The summed E-state index contributed by atoms with van der Waals surface area (Å²) in [7, 11) is 1.63. The molecule has 3 rings (SSSR count). The molecule has 2 amide bonds. The third kappa shape index (κ3) is 8.31. The van der Waals surface area contributed by atoms with Crippen LogP contribution in [-0.2, 0) is 35.4 Å². The lowest BCUT2D eigenvalue weighted by Gasteiger charge is -2.38. The Kier molecular flexibility index (Phi) is 10.5. The number of nitrogens with zero attached hydrogens (tertiary/aromatic N) is 3. The average Bonchev–Trinajstić information content (AvgIpc) is 3.34. The number of aromatic nitrogens is 1. The number of rotatable bonds is 8. The quantitative estimate of drug-likeness (QED) is 0.405. The molecule has 1 aliphatic rings. The molecule has 1 fully saturated rings. The van der Waals surface area contributed by atoms with Gasteiger partial charge in [-0.05, 0) is 76.9 Å². The lowest BCUT2D eigenvalue weighted by Crippen LogP contribution is -2.49. The van der Waals surface area contributed by atoms with E-state index >= 15 is 0 Å². The Morgan fingerprint density at radius 1 is 1.27 bits per heavy atom. The lowest BCUT2D eigenvalue weighted by atomic mass is 9.99. The van der Waals surface area contributed by atoms with Crippen LogP contribution in [0.15, 0.2) is 30.5 Å². The molecule has 0 bridgehead atoms. The molecule has 0 aliphatic carbocycles. The van der Waals surface area contributed by atoms with Gasteiger partial charge in [-0.15, -0.1) is 0 Å². The highest BCUT2D eigenvalue weighted by molar-refractivity contribution is 7.89. The number of hydrogen-bond donors (Lipinski definition) is 1. The first-order valence-corrected chi connectivity index (χ1v) is 14.7. The molecule has 1 aliphatic heterocycles. The molecule has 2 heterocycles. The summed E-state index contributed by atoms with van der Waals surface area (Å²) in [6.07, 6.45) is -2.24. The van der Waals surface area contributed by atoms with Crippen molar-refractivity contribution in [2.75, 3.05) is 25.9 Å². The van der Waals surface area contributed by atoms with Crippen molar-refractivity contribution in [1.82, 2.24) is 19.1 Å². The largest absolute Gasteiger partial charge is 0.593 e. The van der Waals surface area contributed by atoms with Gasteiger partial charge in [-0.1, -0.05) is 11.6 Å². The number of benzene rings is 1. The monoisotopic (exact) mass is 604 g/mol. The molecule has 13 heteroatoms. The maximum Gasteiger partial charge on any atom is 0.416 e. The Hall–Kier alpha value is -2.41. The van der Waals surface area contributed by atoms with E-state index in [0.717, 1.165) is 6.07 Å². The highest BCUT2D eigenvalue weighted by atomic mass is 35.5. The molecule has 1 unspecified atom stereocenters. The Morgan fingerprint density at radius 2 is 1.98 bits per heavy atom. The first kappa shape index (κ1) is 32.1. The minimum Gasteiger partial charge on any atom is -0.593 e. The van der Waals surface area contributed by atoms with Gasteiger partial charge in [0.1, 0.15) is 11.4 Å². The lowest BCUT2D eigenvalue weighted by molar-refractivity contribution is -0.138. The first-order chi connectivity index (χ1) is 18.6. The number of halogens is 4. The van der Waals surface area contributed by atoms with Gasteiger partial charge < -0.3 is 19.5 Å². The van der Waals surface area contributed by atoms with E-state index in [1.165, 1.54) is 14.9 Å². The van der Waals surface area contributed by atoms with Crippen molar-refractivity contribution in [3.05, 3.63) is 57.9 Å². The van der Waals surface area contributed by atoms with E-state index in [1.807, 2.05) is 4.90 Å². The van der Waals surface area contributed by atoms with E-state index in [2.05, 4.69) is 5.32 Å². The number of piperidine rings is 1. The molecule has 8 nitrogen and oxygen atoms in total. The van der Waals surface area contributed by atoms with E-state index in [1.54, 1.807) is 53.1 Å². The van der Waals surface area contributed by atoms with Gasteiger partial charge in [0.2, 0.25) is 0 Å².